The second-order valence-corrected chi connectivity index (χ2v) is 7.58. The molecule has 0 aliphatic carbocycles. The smallest absolute Gasteiger partial charge is 0.325 e. The van der Waals surface area contributed by atoms with Crippen LogP contribution in [0, 0.1) is 19.8 Å². The van der Waals surface area contributed by atoms with Crippen molar-refractivity contribution >= 4 is 27.8 Å². The summed E-state index contributed by atoms with van der Waals surface area (Å²) in [6.45, 7) is 5.07. The highest BCUT2D eigenvalue weighted by Gasteiger charge is 2.25. The predicted molar refractivity (Wildman–Crippen MR) is 82.1 cm³/mol. The maximum atomic E-state index is 12.4. The summed E-state index contributed by atoms with van der Waals surface area (Å²) in [5.74, 6) is 0.00854. The maximum Gasteiger partial charge on any atom is 0.325 e. The first kappa shape index (κ1) is 18.0. The Bertz CT molecular complexity index is 610. The normalized spacial score (nSPS) is 13.3. The van der Waals surface area contributed by atoms with Crippen LogP contribution in [0.5, 0.6) is 0 Å². The summed E-state index contributed by atoms with van der Waals surface area (Å²) < 4.78 is 28.5. The number of hydrogen-bond donors (Lipinski definition) is 2. The first-order valence-corrected chi connectivity index (χ1v) is 9.31. The quantitative estimate of drug-likeness (QED) is 0.731. The van der Waals surface area contributed by atoms with E-state index < -0.39 is 16.0 Å². The van der Waals surface area contributed by atoms with E-state index in [2.05, 4.69) is 9.82 Å². The Hall–Kier alpha value is -1.06. The van der Waals surface area contributed by atoms with Crippen LogP contribution in [0.3, 0.4) is 0 Å². The lowest BCUT2D eigenvalue weighted by molar-refractivity contribution is -0.137. The van der Waals surface area contributed by atoms with Gasteiger partial charge in [0.15, 0.2) is 0 Å². The number of aromatic nitrogens is 2. The molecular formula is C12H21N3O4S2. The number of hydrogen-bond acceptors (Lipinski definition) is 5. The van der Waals surface area contributed by atoms with Gasteiger partial charge in [0.05, 0.1) is 11.4 Å². The highest BCUT2D eigenvalue weighted by molar-refractivity contribution is 7.98. The van der Waals surface area contributed by atoms with E-state index >= 15 is 0 Å². The monoisotopic (exact) mass is 335 g/mol. The average Bonchev–Trinajstić information content (AvgIpc) is 2.62. The molecule has 1 aromatic rings. The van der Waals surface area contributed by atoms with E-state index in [1.807, 2.05) is 13.2 Å². The second-order valence-electron chi connectivity index (χ2n) is 4.96. The molecule has 0 aliphatic heterocycles. The number of aryl methyl sites for hydroxylation is 1. The Morgan fingerprint density at radius 3 is 2.62 bits per heavy atom. The van der Waals surface area contributed by atoms with Gasteiger partial charge in [-0.05, 0) is 31.8 Å². The van der Waals surface area contributed by atoms with Gasteiger partial charge in [0.1, 0.15) is 11.4 Å². The van der Waals surface area contributed by atoms with E-state index in [4.69, 9.17) is 5.11 Å². The summed E-state index contributed by atoms with van der Waals surface area (Å²) in [6.07, 6.45) is 1.97. The molecule has 0 fully saturated rings. The average molecular weight is 335 g/mol. The van der Waals surface area contributed by atoms with Gasteiger partial charge in [0.2, 0.25) is 10.0 Å². The van der Waals surface area contributed by atoms with Gasteiger partial charge in [-0.15, -0.1) is 0 Å². The molecule has 1 rings (SSSR count). The fourth-order valence-corrected chi connectivity index (χ4v) is 4.28. The van der Waals surface area contributed by atoms with Gasteiger partial charge in [-0.1, -0.05) is 6.92 Å². The molecule has 21 heavy (non-hydrogen) atoms. The van der Waals surface area contributed by atoms with Gasteiger partial charge in [-0.2, -0.15) is 16.9 Å². The van der Waals surface area contributed by atoms with Crippen molar-refractivity contribution in [3.8, 4) is 0 Å². The van der Waals surface area contributed by atoms with Crippen LogP contribution >= 0.6 is 11.8 Å². The summed E-state index contributed by atoms with van der Waals surface area (Å²) in [7, 11) is -3.69. The van der Waals surface area contributed by atoms with Crippen molar-refractivity contribution in [2.45, 2.75) is 32.2 Å². The van der Waals surface area contributed by atoms with Gasteiger partial charge < -0.3 is 5.11 Å². The first-order chi connectivity index (χ1) is 9.69. The minimum absolute atomic E-state index is 0.0695. The maximum absolute atomic E-state index is 12.4. The number of nitrogens with zero attached hydrogens (tertiary/aromatic N) is 2. The Kier molecular flexibility index (Phi) is 6.24. The molecule has 0 aliphatic rings. The SMILES string of the molecule is CSCC(C)CNS(=O)(=O)c1c(C)nn(CC(=O)O)c1C. The molecule has 1 unspecified atom stereocenters. The number of carbonyl (C=O) groups is 1. The summed E-state index contributed by atoms with van der Waals surface area (Å²) in [5.41, 5.74) is 0.638. The zero-order valence-corrected chi connectivity index (χ0v) is 14.2. The molecule has 0 spiro atoms. The number of thioether (sulfide) groups is 1. The Balaban J connectivity index is 2.98. The molecule has 0 saturated heterocycles. The highest BCUT2D eigenvalue weighted by Crippen LogP contribution is 2.19. The molecular weight excluding hydrogens is 314 g/mol. The van der Waals surface area contributed by atoms with Gasteiger partial charge in [-0.3, -0.25) is 9.48 Å². The van der Waals surface area contributed by atoms with Gasteiger partial charge in [-0.25, -0.2) is 13.1 Å². The van der Waals surface area contributed by atoms with E-state index in [9.17, 15) is 13.2 Å². The summed E-state index contributed by atoms with van der Waals surface area (Å²) in [4.78, 5) is 10.8. The van der Waals surface area contributed by atoms with Crippen LogP contribution in [-0.4, -0.2) is 47.8 Å². The van der Waals surface area contributed by atoms with Crippen LogP contribution in [0.15, 0.2) is 4.90 Å². The third kappa shape index (κ3) is 4.72. The van der Waals surface area contributed by atoms with Crippen molar-refractivity contribution in [1.82, 2.24) is 14.5 Å². The number of nitrogens with one attached hydrogen (secondary N) is 1. The molecule has 1 atom stereocenters. The molecule has 120 valence electrons. The number of carboxylic acid groups (broad SMARTS) is 1. The fraction of sp³-hybridized carbons (Fsp3) is 0.667. The molecule has 2 N–H and O–H groups in total. The van der Waals surface area contributed by atoms with Crippen LogP contribution in [0.1, 0.15) is 18.3 Å². The third-order valence-electron chi connectivity index (χ3n) is 2.94. The second kappa shape index (κ2) is 7.28. The van der Waals surface area contributed by atoms with Gasteiger partial charge >= 0.3 is 5.97 Å². The summed E-state index contributed by atoms with van der Waals surface area (Å²) in [5, 5.41) is 12.8. The van der Waals surface area contributed by atoms with E-state index in [-0.39, 0.29) is 17.4 Å². The number of aliphatic carboxylic acids is 1. The molecule has 7 nitrogen and oxygen atoms in total. The predicted octanol–water partition coefficient (Wildman–Crippen LogP) is 0.862. The van der Waals surface area contributed by atoms with Gasteiger partial charge in [0, 0.05) is 6.54 Å². The molecule has 9 heteroatoms. The van der Waals surface area contributed by atoms with Crippen molar-refractivity contribution < 1.29 is 18.3 Å². The molecule has 1 heterocycles. The molecule has 1 aromatic heterocycles. The zero-order valence-electron chi connectivity index (χ0n) is 12.6. The zero-order chi connectivity index (χ0) is 16.2. The van der Waals surface area contributed by atoms with Crippen molar-refractivity contribution in [3.05, 3.63) is 11.4 Å². The standard InChI is InChI=1S/C12H21N3O4S2/c1-8(7-20-4)5-13-21(18,19)12-9(2)14-15(10(12)3)6-11(16)17/h8,13H,5-7H2,1-4H3,(H,16,17). The largest absolute Gasteiger partial charge is 0.480 e. The fourth-order valence-electron chi connectivity index (χ4n) is 2.02. The Morgan fingerprint density at radius 2 is 2.10 bits per heavy atom. The minimum Gasteiger partial charge on any atom is -0.480 e. The first-order valence-electron chi connectivity index (χ1n) is 6.43. The third-order valence-corrected chi connectivity index (χ3v) is 5.52. The van der Waals surface area contributed by atoms with Crippen molar-refractivity contribution in [3.63, 3.8) is 0 Å². The van der Waals surface area contributed by atoms with Crippen molar-refractivity contribution in [2.24, 2.45) is 5.92 Å². The van der Waals surface area contributed by atoms with Crippen LogP contribution in [0.25, 0.3) is 0 Å². The molecule has 0 saturated carbocycles. The number of rotatable bonds is 8. The van der Waals surface area contributed by atoms with E-state index in [1.54, 1.807) is 25.6 Å². The number of carboxylic acids is 1. The Morgan fingerprint density at radius 1 is 1.48 bits per heavy atom. The van der Waals surface area contributed by atoms with E-state index in [0.29, 0.717) is 17.9 Å². The van der Waals surface area contributed by atoms with Crippen molar-refractivity contribution in [2.75, 3.05) is 18.6 Å². The van der Waals surface area contributed by atoms with Crippen LogP contribution in [0.2, 0.25) is 0 Å². The molecule has 0 bridgehead atoms. The summed E-state index contributed by atoms with van der Waals surface area (Å²) in [6, 6.07) is 0. The molecule has 0 amide bonds. The van der Waals surface area contributed by atoms with Gasteiger partial charge in [0.25, 0.3) is 0 Å². The molecule has 0 radical (unpaired) electrons. The lowest BCUT2D eigenvalue weighted by Gasteiger charge is -2.12. The van der Waals surface area contributed by atoms with Crippen LogP contribution in [0.4, 0.5) is 0 Å². The van der Waals surface area contributed by atoms with E-state index in [0.717, 1.165) is 5.75 Å². The topological polar surface area (TPSA) is 101 Å². The minimum atomic E-state index is -3.69. The Labute approximate surface area is 129 Å². The lowest BCUT2D eigenvalue weighted by atomic mass is 10.2. The highest BCUT2D eigenvalue weighted by atomic mass is 32.2. The molecule has 0 aromatic carbocycles. The van der Waals surface area contributed by atoms with Crippen LogP contribution < -0.4 is 4.72 Å². The number of sulfonamides is 1. The lowest BCUT2D eigenvalue weighted by Crippen LogP contribution is -2.30. The van der Waals surface area contributed by atoms with E-state index in [1.165, 1.54) is 4.68 Å². The van der Waals surface area contributed by atoms with Crippen LogP contribution in [-0.2, 0) is 21.4 Å². The summed E-state index contributed by atoms with van der Waals surface area (Å²) >= 11 is 1.66. The van der Waals surface area contributed by atoms with Crippen molar-refractivity contribution in [1.29, 1.82) is 0 Å².